The zero-order chi connectivity index (χ0) is 17.8. The smallest absolute Gasteiger partial charge is 0.260 e. The number of nitrogens with one attached hydrogen (secondary N) is 1. The Kier molecular flexibility index (Phi) is 5.20. The number of amides is 1. The zero-order valence-corrected chi connectivity index (χ0v) is 14.9. The first kappa shape index (κ1) is 17.2. The summed E-state index contributed by atoms with van der Waals surface area (Å²) >= 11 is 7.31. The number of carbonyl (C=O) groups is 1. The molecule has 0 radical (unpaired) electrons. The second-order valence-corrected chi connectivity index (χ2v) is 6.82. The van der Waals surface area contributed by atoms with E-state index in [9.17, 15) is 4.79 Å². The Bertz CT molecular complexity index is 882. The van der Waals surface area contributed by atoms with Gasteiger partial charge in [-0.1, -0.05) is 11.6 Å². The van der Waals surface area contributed by atoms with Crippen molar-refractivity contribution >= 4 is 34.7 Å². The summed E-state index contributed by atoms with van der Waals surface area (Å²) in [7, 11) is 0. The fraction of sp³-hybridized carbons (Fsp3) is 0.188. The molecule has 3 heterocycles. The van der Waals surface area contributed by atoms with Gasteiger partial charge in [0.25, 0.3) is 5.91 Å². The number of nitrogens with two attached hydrogens (primary N) is 1. The van der Waals surface area contributed by atoms with Crippen LogP contribution in [0, 0.1) is 0 Å². The molecule has 25 heavy (non-hydrogen) atoms. The lowest BCUT2D eigenvalue weighted by molar-refractivity contribution is 0.100. The van der Waals surface area contributed by atoms with Crippen LogP contribution in [0.2, 0.25) is 5.02 Å². The van der Waals surface area contributed by atoms with Gasteiger partial charge in [-0.2, -0.15) is 0 Å². The summed E-state index contributed by atoms with van der Waals surface area (Å²) in [5.74, 6) is 0.131. The Morgan fingerprint density at radius 1 is 1.32 bits per heavy atom. The number of rotatable bonds is 6. The summed E-state index contributed by atoms with van der Waals surface area (Å²) in [5.41, 5.74) is 6.64. The van der Waals surface area contributed by atoms with Crippen molar-refractivity contribution in [3.8, 4) is 10.7 Å². The number of thiazole rings is 1. The van der Waals surface area contributed by atoms with E-state index in [1.165, 1.54) is 17.5 Å². The lowest BCUT2D eigenvalue weighted by atomic mass is 10.1. The van der Waals surface area contributed by atoms with Gasteiger partial charge in [-0.3, -0.25) is 9.78 Å². The second kappa shape index (κ2) is 7.54. The summed E-state index contributed by atoms with van der Waals surface area (Å²) in [6, 6.07) is 7.30. The van der Waals surface area contributed by atoms with Crippen LogP contribution in [0.25, 0.3) is 10.7 Å². The number of carbonyl (C=O) groups excluding carboxylic acids is 1. The molecule has 3 N–H and O–H groups in total. The third-order valence-electron chi connectivity index (χ3n) is 3.36. The highest BCUT2D eigenvalue weighted by molar-refractivity contribution is 7.16. The second-order valence-electron chi connectivity index (χ2n) is 5.38. The first-order valence-electron chi connectivity index (χ1n) is 7.48. The van der Waals surface area contributed by atoms with E-state index in [-0.39, 0.29) is 6.04 Å². The van der Waals surface area contributed by atoms with Crippen LogP contribution in [0.5, 0.6) is 0 Å². The van der Waals surface area contributed by atoms with Gasteiger partial charge in [0.05, 0.1) is 16.9 Å². The number of pyridine rings is 1. The third-order valence-corrected chi connectivity index (χ3v) is 4.74. The molecular weight excluding hydrogens is 360 g/mol. The van der Waals surface area contributed by atoms with Crippen molar-refractivity contribution in [3.63, 3.8) is 0 Å². The van der Waals surface area contributed by atoms with Gasteiger partial charge in [0.15, 0.2) is 0 Å². The monoisotopic (exact) mass is 374 g/mol. The highest BCUT2D eigenvalue weighted by Gasteiger charge is 2.12. The average Bonchev–Trinajstić information content (AvgIpc) is 3.08. The maximum atomic E-state index is 11.1. The molecular formula is C16H15ClN6OS. The number of anilines is 1. The molecule has 3 rings (SSSR count). The van der Waals surface area contributed by atoms with Crippen LogP contribution >= 0.6 is 22.9 Å². The largest absolute Gasteiger partial charge is 0.366 e. The van der Waals surface area contributed by atoms with Crippen molar-refractivity contribution < 1.29 is 4.79 Å². The van der Waals surface area contributed by atoms with Gasteiger partial charge in [-0.25, -0.2) is 4.98 Å². The van der Waals surface area contributed by atoms with Gasteiger partial charge < -0.3 is 11.1 Å². The number of hydrogen-bond acceptors (Lipinski definition) is 7. The van der Waals surface area contributed by atoms with Crippen LogP contribution in [-0.4, -0.2) is 32.1 Å². The molecule has 0 bridgehead atoms. The minimum Gasteiger partial charge on any atom is -0.366 e. The Labute approximate surface area is 153 Å². The van der Waals surface area contributed by atoms with Gasteiger partial charge in [0.1, 0.15) is 21.4 Å². The number of hydrogen-bond donors (Lipinski definition) is 2. The van der Waals surface area contributed by atoms with Crippen molar-refractivity contribution in [2.45, 2.75) is 19.4 Å². The summed E-state index contributed by atoms with van der Waals surface area (Å²) in [4.78, 5) is 19.9. The average molecular weight is 375 g/mol. The van der Waals surface area contributed by atoms with Crippen molar-refractivity contribution in [3.05, 3.63) is 52.3 Å². The topological polar surface area (TPSA) is 107 Å². The van der Waals surface area contributed by atoms with E-state index in [1.807, 2.05) is 19.1 Å². The van der Waals surface area contributed by atoms with Crippen molar-refractivity contribution in [1.29, 1.82) is 0 Å². The van der Waals surface area contributed by atoms with Crippen molar-refractivity contribution in [1.82, 2.24) is 20.2 Å². The summed E-state index contributed by atoms with van der Waals surface area (Å²) < 4.78 is 0. The minimum absolute atomic E-state index is 0.0777. The van der Waals surface area contributed by atoms with Gasteiger partial charge in [-0.15, -0.1) is 21.5 Å². The summed E-state index contributed by atoms with van der Waals surface area (Å²) in [6.07, 6.45) is 3.82. The van der Waals surface area contributed by atoms with E-state index < -0.39 is 5.91 Å². The standard InChI is InChI=1S/C16H15ClN6OS/c1-9(7-12-10(17)3-2-6-19-12)21-14-5-4-11(22-23-14)16-20-8-13(25-16)15(18)24/h2-6,8-9H,7H2,1H3,(H2,18,24)(H,21,23). The van der Waals surface area contributed by atoms with E-state index in [4.69, 9.17) is 17.3 Å². The van der Waals surface area contributed by atoms with Gasteiger partial charge in [-0.05, 0) is 31.2 Å². The predicted octanol–water partition coefficient (Wildman–Crippen LogP) is 2.79. The number of nitrogens with zero attached hydrogens (tertiary/aromatic N) is 4. The highest BCUT2D eigenvalue weighted by atomic mass is 35.5. The van der Waals surface area contributed by atoms with E-state index in [0.717, 1.165) is 5.69 Å². The lowest BCUT2D eigenvalue weighted by Crippen LogP contribution is -2.20. The molecule has 9 heteroatoms. The van der Waals surface area contributed by atoms with E-state index in [2.05, 4.69) is 25.5 Å². The molecule has 0 saturated carbocycles. The molecule has 128 valence electrons. The maximum absolute atomic E-state index is 11.1. The van der Waals surface area contributed by atoms with Crippen LogP contribution < -0.4 is 11.1 Å². The fourth-order valence-corrected chi connectivity index (χ4v) is 3.12. The van der Waals surface area contributed by atoms with Gasteiger partial charge in [0, 0.05) is 18.7 Å². The van der Waals surface area contributed by atoms with Crippen LogP contribution in [0.15, 0.2) is 36.7 Å². The molecule has 7 nitrogen and oxygen atoms in total. The normalized spacial score (nSPS) is 11.9. The van der Waals surface area contributed by atoms with Crippen LogP contribution in [0.1, 0.15) is 22.3 Å². The van der Waals surface area contributed by atoms with Crippen LogP contribution in [0.4, 0.5) is 5.82 Å². The van der Waals surface area contributed by atoms with E-state index >= 15 is 0 Å². The highest BCUT2D eigenvalue weighted by Crippen LogP contribution is 2.23. The van der Waals surface area contributed by atoms with Crippen LogP contribution in [-0.2, 0) is 6.42 Å². The molecule has 0 saturated heterocycles. The van der Waals surface area contributed by atoms with Gasteiger partial charge >= 0.3 is 0 Å². The molecule has 3 aromatic heterocycles. The Balaban J connectivity index is 1.65. The molecule has 0 aliphatic rings. The van der Waals surface area contributed by atoms with Gasteiger partial charge in [0.2, 0.25) is 0 Å². The molecule has 1 amide bonds. The number of aromatic nitrogens is 4. The number of halogens is 1. The molecule has 0 aromatic carbocycles. The zero-order valence-electron chi connectivity index (χ0n) is 13.3. The van der Waals surface area contributed by atoms with Crippen molar-refractivity contribution in [2.24, 2.45) is 5.73 Å². The lowest BCUT2D eigenvalue weighted by Gasteiger charge is -2.14. The van der Waals surface area contributed by atoms with E-state index in [0.29, 0.717) is 32.8 Å². The Hall–Kier alpha value is -2.58. The fourth-order valence-electron chi connectivity index (χ4n) is 2.19. The molecule has 0 aliphatic carbocycles. The predicted molar refractivity (Wildman–Crippen MR) is 97.7 cm³/mol. The number of primary amides is 1. The summed E-state index contributed by atoms with van der Waals surface area (Å²) in [5, 5.41) is 12.8. The minimum atomic E-state index is -0.503. The molecule has 0 fully saturated rings. The molecule has 1 atom stereocenters. The Morgan fingerprint density at radius 3 is 2.80 bits per heavy atom. The molecule has 0 spiro atoms. The van der Waals surface area contributed by atoms with Crippen molar-refractivity contribution in [2.75, 3.05) is 5.32 Å². The molecule has 3 aromatic rings. The van der Waals surface area contributed by atoms with E-state index in [1.54, 1.807) is 18.3 Å². The summed E-state index contributed by atoms with van der Waals surface area (Å²) in [6.45, 7) is 2.01. The molecule has 1 unspecified atom stereocenters. The van der Waals surface area contributed by atoms with Crippen LogP contribution in [0.3, 0.4) is 0 Å². The SMILES string of the molecule is CC(Cc1ncccc1Cl)Nc1ccc(-c2ncc(C(N)=O)s2)nn1. The molecule has 0 aliphatic heterocycles. The first-order chi connectivity index (χ1) is 12.0. The Morgan fingerprint density at radius 2 is 2.16 bits per heavy atom. The maximum Gasteiger partial charge on any atom is 0.260 e. The first-order valence-corrected chi connectivity index (χ1v) is 8.68. The third kappa shape index (κ3) is 4.28. The quantitative estimate of drug-likeness (QED) is 0.687.